The molecule has 1 unspecified atom stereocenters. The highest BCUT2D eigenvalue weighted by Gasteiger charge is 2.32. The van der Waals surface area contributed by atoms with Crippen LogP contribution in [0.3, 0.4) is 0 Å². The summed E-state index contributed by atoms with van der Waals surface area (Å²) in [5, 5.41) is 10.5. The third-order valence-corrected chi connectivity index (χ3v) is 6.29. The number of nitrogens with zero attached hydrogens (tertiary/aromatic N) is 1. The highest BCUT2D eigenvalue weighted by molar-refractivity contribution is 6.30. The Labute approximate surface area is 227 Å². The third kappa shape index (κ3) is 6.04. The van der Waals surface area contributed by atoms with Crippen LogP contribution in [-0.4, -0.2) is 19.2 Å². The van der Waals surface area contributed by atoms with E-state index >= 15 is 0 Å². The lowest BCUT2D eigenvalue weighted by molar-refractivity contribution is 0.0734. The molecule has 1 atom stereocenters. The molecular weight excluding hydrogens is 504 g/mol. The molecule has 7 nitrogen and oxygen atoms in total. The summed E-state index contributed by atoms with van der Waals surface area (Å²) >= 11 is 5.90. The van der Waals surface area contributed by atoms with Gasteiger partial charge in [-0.25, -0.2) is 4.79 Å². The molecule has 0 fully saturated rings. The quantitative estimate of drug-likeness (QED) is 0.244. The van der Waals surface area contributed by atoms with Gasteiger partial charge in [0.15, 0.2) is 11.5 Å². The van der Waals surface area contributed by atoms with Crippen molar-refractivity contribution in [2.24, 2.45) is 11.7 Å². The molecule has 196 valence electrons. The van der Waals surface area contributed by atoms with E-state index in [4.69, 9.17) is 36.3 Å². The van der Waals surface area contributed by atoms with Gasteiger partial charge in [-0.2, -0.15) is 5.26 Å². The van der Waals surface area contributed by atoms with E-state index in [2.05, 4.69) is 19.9 Å². The molecule has 1 heterocycles. The van der Waals surface area contributed by atoms with Crippen LogP contribution in [0.2, 0.25) is 5.02 Å². The van der Waals surface area contributed by atoms with Crippen molar-refractivity contribution in [2.75, 3.05) is 13.2 Å². The minimum atomic E-state index is -0.537. The number of ether oxygens (including phenoxy) is 4. The number of benzene rings is 3. The minimum absolute atomic E-state index is 0.0126. The zero-order valence-electron chi connectivity index (χ0n) is 21.5. The maximum Gasteiger partial charge on any atom is 0.343 e. The molecule has 0 radical (unpaired) electrons. The Hall–Kier alpha value is -4.15. The van der Waals surface area contributed by atoms with Gasteiger partial charge in [-0.3, -0.25) is 0 Å². The fourth-order valence-electron chi connectivity index (χ4n) is 4.09. The molecule has 1 aliphatic heterocycles. The summed E-state index contributed by atoms with van der Waals surface area (Å²) in [5.74, 6) is 1.36. The van der Waals surface area contributed by atoms with Crippen molar-refractivity contribution in [2.45, 2.75) is 33.1 Å². The predicted molar refractivity (Wildman–Crippen MR) is 145 cm³/mol. The number of fused-ring (bicyclic) bond motifs is 1. The minimum Gasteiger partial charge on any atom is -0.490 e. The van der Waals surface area contributed by atoms with E-state index in [0.717, 1.165) is 12.0 Å². The Morgan fingerprint density at radius 2 is 1.84 bits per heavy atom. The van der Waals surface area contributed by atoms with Gasteiger partial charge in [0.2, 0.25) is 5.88 Å². The van der Waals surface area contributed by atoms with Crippen molar-refractivity contribution in [3.8, 4) is 29.1 Å². The van der Waals surface area contributed by atoms with E-state index in [1.54, 1.807) is 42.5 Å². The van der Waals surface area contributed by atoms with Crippen LogP contribution in [0.15, 0.2) is 72.1 Å². The van der Waals surface area contributed by atoms with E-state index in [9.17, 15) is 10.1 Å². The van der Waals surface area contributed by atoms with Gasteiger partial charge in [0.25, 0.3) is 0 Å². The number of halogens is 1. The Bertz CT molecular complexity index is 1390. The van der Waals surface area contributed by atoms with Crippen molar-refractivity contribution in [1.29, 1.82) is 5.26 Å². The topological polar surface area (TPSA) is 104 Å². The lowest BCUT2D eigenvalue weighted by Gasteiger charge is -2.27. The molecule has 38 heavy (non-hydrogen) atoms. The number of hydrogen-bond acceptors (Lipinski definition) is 7. The highest BCUT2D eigenvalue weighted by Crippen LogP contribution is 2.45. The first kappa shape index (κ1) is 26.9. The molecule has 0 bridgehead atoms. The van der Waals surface area contributed by atoms with Crippen LogP contribution in [0.25, 0.3) is 0 Å². The van der Waals surface area contributed by atoms with Gasteiger partial charge in [0.05, 0.1) is 24.7 Å². The molecule has 0 spiro atoms. The number of carbonyl (C=O) groups excluding carboxylic acids is 1. The van der Waals surface area contributed by atoms with Gasteiger partial charge < -0.3 is 24.7 Å². The summed E-state index contributed by atoms with van der Waals surface area (Å²) in [6, 6.07) is 19.2. The second kappa shape index (κ2) is 11.9. The number of nitriles is 1. The van der Waals surface area contributed by atoms with Crippen LogP contribution in [0.5, 0.6) is 23.0 Å². The Balaban J connectivity index is 1.66. The second-order valence-corrected chi connectivity index (χ2v) is 9.63. The molecule has 0 aromatic heterocycles. The summed E-state index contributed by atoms with van der Waals surface area (Å²) in [4.78, 5) is 12.6. The fraction of sp³-hybridized carbons (Fsp3) is 0.267. The SMILES string of the molecule is CCOc1cc(C2C(C#N)=C(N)Oc3cc(OC(=O)c4ccc(Cl)cc4)ccc32)ccc1OCCC(C)C. The fourth-order valence-corrected chi connectivity index (χ4v) is 4.22. The Kier molecular flexibility index (Phi) is 8.45. The first-order valence-corrected chi connectivity index (χ1v) is 12.8. The summed E-state index contributed by atoms with van der Waals surface area (Å²) in [7, 11) is 0. The van der Waals surface area contributed by atoms with E-state index in [-0.39, 0.29) is 17.2 Å². The van der Waals surface area contributed by atoms with Crippen molar-refractivity contribution in [3.05, 3.63) is 93.8 Å². The van der Waals surface area contributed by atoms with Gasteiger partial charge in [-0.15, -0.1) is 0 Å². The number of rotatable bonds is 9. The predicted octanol–water partition coefficient (Wildman–Crippen LogP) is 6.60. The normalized spacial score (nSPS) is 14.4. The number of nitrogens with two attached hydrogens (primary N) is 1. The Morgan fingerprint density at radius 1 is 1.08 bits per heavy atom. The average molecular weight is 533 g/mol. The van der Waals surface area contributed by atoms with Crippen molar-refractivity contribution < 1.29 is 23.7 Å². The van der Waals surface area contributed by atoms with E-state index in [1.165, 1.54) is 0 Å². The summed E-state index contributed by atoms with van der Waals surface area (Å²) < 4.78 is 23.2. The molecule has 3 aromatic rings. The molecule has 0 amide bonds. The average Bonchev–Trinajstić information content (AvgIpc) is 2.89. The second-order valence-electron chi connectivity index (χ2n) is 9.19. The first-order chi connectivity index (χ1) is 18.3. The van der Waals surface area contributed by atoms with Gasteiger partial charge in [0, 0.05) is 16.7 Å². The zero-order chi connectivity index (χ0) is 27.2. The van der Waals surface area contributed by atoms with Crippen LogP contribution in [-0.2, 0) is 0 Å². The monoisotopic (exact) mass is 532 g/mol. The lowest BCUT2D eigenvalue weighted by Crippen LogP contribution is -2.21. The third-order valence-electron chi connectivity index (χ3n) is 6.03. The van der Waals surface area contributed by atoms with E-state index in [1.807, 2.05) is 25.1 Å². The number of allylic oxidation sites excluding steroid dienone is 1. The van der Waals surface area contributed by atoms with Crippen molar-refractivity contribution in [3.63, 3.8) is 0 Å². The Morgan fingerprint density at radius 3 is 2.53 bits per heavy atom. The van der Waals surface area contributed by atoms with Gasteiger partial charge in [-0.1, -0.05) is 37.6 Å². The standard InChI is InChI=1S/C30H29ClN2O5/c1-4-35-27-15-20(7-12-25(27)36-14-13-18(2)3)28-23-11-10-22(16-26(23)38-29(33)24(28)17-32)37-30(34)19-5-8-21(31)9-6-19/h5-12,15-16,18,28H,4,13-14,33H2,1-3H3. The molecular formula is C30H29ClN2O5. The van der Waals surface area contributed by atoms with E-state index < -0.39 is 11.9 Å². The molecule has 3 aromatic carbocycles. The molecule has 0 saturated carbocycles. The highest BCUT2D eigenvalue weighted by atomic mass is 35.5. The van der Waals surface area contributed by atoms with Crippen LogP contribution in [0.1, 0.15) is 54.6 Å². The number of esters is 1. The van der Waals surface area contributed by atoms with Gasteiger partial charge in [-0.05, 0) is 67.3 Å². The van der Waals surface area contributed by atoms with Crippen LogP contribution in [0, 0.1) is 17.2 Å². The largest absolute Gasteiger partial charge is 0.490 e. The molecule has 2 N–H and O–H groups in total. The smallest absolute Gasteiger partial charge is 0.343 e. The molecule has 4 rings (SSSR count). The molecule has 0 aliphatic carbocycles. The van der Waals surface area contributed by atoms with E-state index in [0.29, 0.717) is 52.5 Å². The lowest BCUT2D eigenvalue weighted by atomic mass is 9.83. The first-order valence-electron chi connectivity index (χ1n) is 12.4. The summed E-state index contributed by atoms with van der Waals surface area (Å²) in [6.45, 7) is 7.22. The van der Waals surface area contributed by atoms with Crippen LogP contribution < -0.4 is 24.7 Å². The van der Waals surface area contributed by atoms with Crippen LogP contribution in [0.4, 0.5) is 0 Å². The van der Waals surface area contributed by atoms with Gasteiger partial charge >= 0.3 is 5.97 Å². The zero-order valence-corrected chi connectivity index (χ0v) is 22.2. The maximum absolute atomic E-state index is 12.6. The number of carbonyl (C=O) groups is 1. The van der Waals surface area contributed by atoms with Crippen molar-refractivity contribution >= 4 is 17.6 Å². The molecule has 0 saturated heterocycles. The van der Waals surface area contributed by atoms with Crippen molar-refractivity contribution in [1.82, 2.24) is 0 Å². The summed E-state index contributed by atoms with van der Waals surface area (Å²) in [6.07, 6.45) is 0.920. The molecule has 1 aliphatic rings. The van der Waals surface area contributed by atoms with Gasteiger partial charge in [0.1, 0.15) is 23.1 Å². The maximum atomic E-state index is 12.6. The number of hydrogen-bond donors (Lipinski definition) is 1. The summed E-state index contributed by atoms with van der Waals surface area (Å²) in [5.41, 5.74) is 8.30. The van der Waals surface area contributed by atoms with Crippen LogP contribution >= 0.6 is 11.6 Å². The molecule has 8 heteroatoms.